The van der Waals surface area contributed by atoms with Gasteiger partial charge in [0.2, 0.25) is 0 Å². The second kappa shape index (κ2) is 4.35. The van der Waals surface area contributed by atoms with Gasteiger partial charge in [0.05, 0.1) is 13.0 Å². The van der Waals surface area contributed by atoms with Gasteiger partial charge in [0.1, 0.15) is 0 Å². The van der Waals surface area contributed by atoms with Crippen molar-refractivity contribution in [2.45, 2.75) is 25.1 Å². The van der Waals surface area contributed by atoms with Gasteiger partial charge in [-0.3, -0.25) is 9.59 Å². The van der Waals surface area contributed by atoms with E-state index in [-0.39, 0.29) is 23.8 Å². The molecule has 0 radical (unpaired) electrons. The van der Waals surface area contributed by atoms with Crippen molar-refractivity contribution in [3.8, 4) is 0 Å². The molecule has 1 amide bonds. The fourth-order valence-electron chi connectivity index (χ4n) is 2.86. The molecule has 2 aliphatic rings. The first kappa shape index (κ1) is 12.2. The highest BCUT2D eigenvalue weighted by Gasteiger charge is 2.46. The minimum atomic E-state index is -0.896. The normalized spacial score (nSPS) is 28.8. The van der Waals surface area contributed by atoms with E-state index in [1.807, 2.05) is 0 Å². The number of benzene rings is 1. The van der Waals surface area contributed by atoms with Gasteiger partial charge >= 0.3 is 5.97 Å². The fraction of sp³-hybridized carbons (Fsp3) is 0.429. The molecule has 1 unspecified atom stereocenters. The van der Waals surface area contributed by atoms with E-state index in [1.54, 1.807) is 24.3 Å². The van der Waals surface area contributed by atoms with Gasteiger partial charge in [-0.15, -0.1) is 0 Å². The quantitative estimate of drug-likeness (QED) is 0.809. The minimum Gasteiger partial charge on any atom is -0.469 e. The fourth-order valence-corrected chi connectivity index (χ4v) is 2.86. The lowest BCUT2D eigenvalue weighted by Gasteiger charge is -2.41. The van der Waals surface area contributed by atoms with Crippen LogP contribution < -0.4 is 0 Å². The molecule has 0 aromatic heterocycles. The van der Waals surface area contributed by atoms with Crippen molar-refractivity contribution in [1.29, 1.82) is 0 Å². The summed E-state index contributed by atoms with van der Waals surface area (Å²) in [4.78, 5) is 25.1. The lowest BCUT2D eigenvalue weighted by molar-refractivity contribution is -0.152. The lowest BCUT2D eigenvalue weighted by atomic mass is 9.79. The number of fused-ring (bicyclic) bond motifs is 1. The van der Waals surface area contributed by atoms with Crippen LogP contribution in [0, 0.1) is 5.92 Å². The van der Waals surface area contributed by atoms with Crippen molar-refractivity contribution in [3.63, 3.8) is 0 Å². The Morgan fingerprint density at radius 1 is 1.37 bits per heavy atom. The number of hydrogen-bond donors (Lipinski definition) is 1. The number of aliphatic hydroxyl groups excluding tert-OH is 1. The number of rotatable bonds is 2. The van der Waals surface area contributed by atoms with E-state index in [2.05, 4.69) is 4.74 Å². The van der Waals surface area contributed by atoms with E-state index < -0.39 is 6.23 Å². The Morgan fingerprint density at radius 3 is 2.68 bits per heavy atom. The van der Waals surface area contributed by atoms with Crippen LogP contribution >= 0.6 is 0 Å². The summed E-state index contributed by atoms with van der Waals surface area (Å²) in [6.07, 6.45) is 0.222. The first-order chi connectivity index (χ1) is 9.13. The van der Waals surface area contributed by atoms with Gasteiger partial charge in [-0.25, -0.2) is 0 Å². The molecule has 0 bridgehead atoms. The molecule has 1 atom stereocenters. The number of methoxy groups -OCH3 is 1. The van der Waals surface area contributed by atoms with Gasteiger partial charge in [0.25, 0.3) is 5.91 Å². The average molecular weight is 261 g/mol. The third kappa shape index (κ3) is 1.73. The zero-order chi connectivity index (χ0) is 13.6. The zero-order valence-corrected chi connectivity index (χ0v) is 10.6. The summed E-state index contributed by atoms with van der Waals surface area (Å²) in [7, 11) is 1.36. The third-order valence-electron chi connectivity index (χ3n) is 4.01. The highest BCUT2D eigenvalue weighted by atomic mass is 16.5. The van der Waals surface area contributed by atoms with E-state index >= 15 is 0 Å². The van der Waals surface area contributed by atoms with E-state index in [1.165, 1.54) is 12.0 Å². The summed E-state index contributed by atoms with van der Waals surface area (Å²) in [6.45, 7) is 0. The Morgan fingerprint density at radius 2 is 2.05 bits per heavy atom. The highest BCUT2D eigenvalue weighted by molar-refractivity contribution is 5.99. The van der Waals surface area contributed by atoms with Gasteiger partial charge in [0, 0.05) is 17.2 Å². The molecular weight excluding hydrogens is 246 g/mol. The van der Waals surface area contributed by atoms with Crippen LogP contribution in [0.2, 0.25) is 0 Å². The molecule has 5 nitrogen and oxygen atoms in total. The molecule has 1 fully saturated rings. The molecule has 1 aliphatic carbocycles. The van der Waals surface area contributed by atoms with Crippen LogP contribution in [0.3, 0.4) is 0 Å². The van der Waals surface area contributed by atoms with Crippen LogP contribution in [-0.2, 0) is 9.53 Å². The Labute approximate surface area is 110 Å². The number of esters is 1. The molecule has 3 rings (SSSR count). The molecule has 1 heterocycles. The van der Waals surface area contributed by atoms with Gasteiger partial charge in [-0.2, -0.15) is 0 Å². The van der Waals surface area contributed by atoms with Crippen LogP contribution in [-0.4, -0.2) is 35.0 Å². The smallest absolute Gasteiger partial charge is 0.308 e. The molecule has 1 saturated carbocycles. The maximum atomic E-state index is 12.2. The minimum absolute atomic E-state index is 0.0843. The zero-order valence-electron chi connectivity index (χ0n) is 10.6. The summed E-state index contributed by atoms with van der Waals surface area (Å²) in [5.41, 5.74) is 1.20. The van der Waals surface area contributed by atoms with E-state index in [9.17, 15) is 14.7 Å². The number of aliphatic hydroxyl groups is 1. The molecule has 100 valence electrons. The number of carbonyl (C=O) groups is 2. The molecule has 19 heavy (non-hydrogen) atoms. The number of carbonyl (C=O) groups excluding carboxylic acids is 2. The van der Waals surface area contributed by atoms with E-state index in [0.717, 1.165) is 0 Å². The monoisotopic (exact) mass is 261 g/mol. The third-order valence-corrected chi connectivity index (χ3v) is 4.01. The van der Waals surface area contributed by atoms with Crippen molar-refractivity contribution < 1.29 is 19.4 Å². The average Bonchev–Trinajstić information content (AvgIpc) is 2.62. The number of nitrogens with zero attached hydrogens (tertiary/aromatic N) is 1. The van der Waals surface area contributed by atoms with Crippen molar-refractivity contribution >= 4 is 11.9 Å². The highest BCUT2D eigenvalue weighted by Crippen LogP contribution is 2.41. The Kier molecular flexibility index (Phi) is 2.78. The predicted molar refractivity (Wildman–Crippen MR) is 66.1 cm³/mol. The maximum Gasteiger partial charge on any atom is 0.308 e. The summed E-state index contributed by atoms with van der Waals surface area (Å²) in [6, 6.07) is 6.98. The standard InChI is InChI=1S/C14H15NO4/c1-19-14(18)8-6-9(7-8)15-12(16)10-4-2-3-5-11(10)13(15)17/h2-5,8-9,12,16H,6-7H2,1H3. The summed E-state index contributed by atoms with van der Waals surface area (Å²) in [5.74, 6) is -0.551. The predicted octanol–water partition coefficient (Wildman–Crippen LogP) is 1.08. The van der Waals surface area contributed by atoms with Crippen LogP contribution in [0.1, 0.15) is 35.0 Å². The lowest BCUT2D eigenvalue weighted by Crippen LogP contribution is -2.48. The van der Waals surface area contributed by atoms with Gasteiger partial charge < -0.3 is 14.7 Å². The summed E-state index contributed by atoms with van der Waals surface area (Å²) < 4.78 is 4.68. The van der Waals surface area contributed by atoms with Crippen molar-refractivity contribution in [2.24, 2.45) is 5.92 Å². The van der Waals surface area contributed by atoms with Crippen molar-refractivity contribution in [3.05, 3.63) is 35.4 Å². The van der Waals surface area contributed by atoms with Crippen molar-refractivity contribution in [2.75, 3.05) is 7.11 Å². The first-order valence-electron chi connectivity index (χ1n) is 6.31. The molecule has 1 N–H and O–H groups in total. The first-order valence-corrected chi connectivity index (χ1v) is 6.31. The summed E-state index contributed by atoms with van der Waals surface area (Å²) >= 11 is 0. The Bertz CT molecular complexity index is 536. The van der Waals surface area contributed by atoms with E-state index in [0.29, 0.717) is 24.0 Å². The molecule has 1 aromatic rings. The number of hydrogen-bond acceptors (Lipinski definition) is 4. The SMILES string of the molecule is COC(=O)C1CC(N2C(=O)c3ccccc3C2O)C1. The summed E-state index contributed by atoms with van der Waals surface area (Å²) in [5, 5.41) is 10.2. The van der Waals surface area contributed by atoms with E-state index in [4.69, 9.17) is 0 Å². The Balaban J connectivity index is 1.76. The van der Waals surface area contributed by atoms with Gasteiger partial charge in [0.15, 0.2) is 6.23 Å². The molecule has 0 spiro atoms. The van der Waals surface area contributed by atoms with Crippen LogP contribution in [0.25, 0.3) is 0 Å². The van der Waals surface area contributed by atoms with Crippen LogP contribution in [0.5, 0.6) is 0 Å². The number of ether oxygens (including phenoxy) is 1. The molecule has 0 saturated heterocycles. The molecule has 5 heteroatoms. The second-order valence-electron chi connectivity index (χ2n) is 5.02. The number of amides is 1. The molecular formula is C14H15NO4. The maximum absolute atomic E-state index is 12.2. The van der Waals surface area contributed by atoms with Crippen molar-refractivity contribution in [1.82, 2.24) is 4.90 Å². The van der Waals surface area contributed by atoms with Crippen LogP contribution in [0.15, 0.2) is 24.3 Å². The van der Waals surface area contributed by atoms with Crippen LogP contribution in [0.4, 0.5) is 0 Å². The Hall–Kier alpha value is -1.88. The molecule has 1 aromatic carbocycles. The molecule has 1 aliphatic heterocycles. The second-order valence-corrected chi connectivity index (χ2v) is 5.02. The topological polar surface area (TPSA) is 66.8 Å². The van der Waals surface area contributed by atoms with Gasteiger partial charge in [-0.05, 0) is 18.9 Å². The largest absolute Gasteiger partial charge is 0.469 e. The van der Waals surface area contributed by atoms with Gasteiger partial charge in [-0.1, -0.05) is 18.2 Å².